The molecule has 5 nitrogen and oxygen atoms in total. The highest BCUT2D eigenvalue weighted by molar-refractivity contribution is 6.65. The second kappa shape index (κ2) is 6.14. The van der Waals surface area contributed by atoms with Crippen molar-refractivity contribution in [3.05, 3.63) is 35.9 Å². The second-order valence-corrected chi connectivity index (χ2v) is 4.73. The van der Waals surface area contributed by atoms with Gasteiger partial charge in [0.25, 0.3) is 0 Å². The highest BCUT2D eigenvalue weighted by Crippen LogP contribution is 2.15. The van der Waals surface area contributed by atoms with Crippen LogP contribution in [0, 0.1) is 0 Å². The van der Waals surface area contributed by atoms with Gasteiger partial charge in [-0.05, 0) is 25.7 Å². The van der Waals surface area contributed by atoms with Crippen molar-refractivity contribution in [1.82, 2.24) is 15.3 Å². The van der Waals surface area contributed by atoms with E-state index < -0.39 is 0 Å². The van der Waals surface area contributed by atoms with Crippen molar-refractivity contribution in [2.75, 3.05) is 20.6 Å². The number of hydrazine groups is 1. The van der Waals surface area contributed by atoms with Gasteiger partial charge >= 0.3 is 0 Å². The largest absolute Gasteiger partial charge is 0.270 e. The molecule has 19 heavy (non-hydrogen) atoms. The molecule has 6 heteroatoms. The van der Waals surface area contributed by atoms with Gasteiger partial charge in [0.2, 0.25) is 5.29 Å². The number of hydrogen-bond acceptors (Lipinski definition) is 5. The Morgan fingerprint density at radius 3 is 2.58 bits per heavy atom. The predicted octanol–water partition coefficient (Wildman–Crippen LogP) is 1.71. The number of nitrogens with zero attached hydrogens (tertiary/aromatic N) is 4. The zero-order valence-electron chi connectivity index (χ0n) is 11.3. The molecule has 0 amide bonds. The number of rotatable bonds is 4. The molecule has 2 rings (SSSR count). The Balaban J connectivity index is 2.34. The van der Waals surface area contributed by atoms with E-state index in [0.717, 1.165) is 12.1 Å². The maximum absolute atomic E-state index is 6.25. The van der Waals surface area contributed by atoms with E-state index >= 15 is 0 Å². The lowest BCUT2D eigenvalue weighted by molar-refractivity contribution is 0.110. The Hall–Kier alpha value is -1.43. The minimum atomic E-state index is -0.208. The summed E-state index contributed by atoms with van der Waals surface area (Å²) in [5, 5.41) is 2.16. The van der Waals surface area contributed by atoms with Crippen LogP contribution in [0.1, 0.15) is 12.5 Å². The molecule has 102 valence electrons. The van der Waals surface area contributed by atoms with Gasteiger partial charge in [-0.2, -0.15) is 4.99 Å². The van der Waals surface area contributed by atoms with Crippen molar-refractivity contribution in [3.8, 4) is 0 Å². The van der Waals surface area contributed by atoms with Gasteiger partial charge in [0.15, 0.2) is 12.1 Å². The highest BCUT2D eigenvalue weighted by Gasteiger charge is 2.27. The topological polar surface area (TPSA) is 43.2 Å². The Morgan fingerprint density at radius 1 is 1.32 bits per heavy atom. The van der Waals surface area contributed by atoms with E-state index in [2.05, 4.69) is 15.4 Å². The molecule has 1 N–H and O–H groups in total. The Bertz CT molecular complexity index is 483. The molecule has 1 aromatic rings. The number of halogens is 1. The van der Waals surface area contributed by atoms with E-state index in [0.29, 0.717) is 11.1 Å². The van der Waals surface area contributed by atoms with Crippen LogP contribution >= 0.6 is 11.6 Å². The van der Waals surface area contributed by atoms with Crippen LogP contribution < -0.4 is 5.43 Å². The molecule has 0 spiro atoms. The monoisotopic (exact) mass is 279 g/mol. The van der Waals surface area contributed by atoms with Gasteiger partial charge in [-0.1, -0.05) is 37.3 Å². The van der Waals surface area contributed by atoms with Gasteiger partial charge in [0.1, 0.15) is 0 Å². The molecular formula is C13H18ClN5. The average molecular weight is 280 g/mol. The second-order valence-electron chi connectivity index (χ2n) is 4.39. The van der Waals surface area contributed by atoms with Crippen LogP contribution in [-0.2, 0) is 0 Å². The fourth-order valence-corrected chi connectivity index (χ4v) is 2.05. The summed E-state index contributed by atoms with van der Waals surface area (Å²) in [6.07, 6.45) is -0.208. The lowest BCUT2D eigenvalue weighted by Crippen LogP contribution is -2.54. The van der Waals surface area contributed by atoms with Crippen LogP contribution in [0.2, 0.25) is 0 Å². The predicted molar refractivity (Wildman–Crippen MR) is 79.3 cm³/mol. The van der Waals surface area contributed by atoms with Crippen molar-refractivity contribution in [1.29, 1.82) is 0 Å². The number of hydrogen-bond donors (Lipinski definition) is 1. The lowest BCUT2D eigenvalue weighted by Gasteiger charge is -2.35. The van der Waals surface area contributed by atoms with Crippen LogP contribution in [0.3, 0.4) is 0 Å². The van der Waals surface area contributed by atoms with E-state index in [1.165, 1.54) is 0 Å². The summed E-state index contributed by atoms with van der Waals surface area (Å²) in [6.45, 7) is 2.76. The normalized spacial score (nSPS) is 19.4. The number of nitrogens with one attached hydrogen (secondary N) is 1. The molecule has 1 unspecified atom stereocenters. The van der Waals surface area contributed by atoms with Crippen LogP contribution in [0.25, 0.3) is 0 Å². The summed E-state index contributed by atoms with van der Waals surface area (Å²) >= 11 is 6.25. The van der Waals surface area contributed by atoms with Crippen LogP contribution in [0.5, 0.6) is 0 Å². The first-order valence-electron chi connectivity index (χ1n) is 6.20. The van der Waals surface area contributed by atoms with E-state index in [-0.39, 0.29) is 6.29 Å². The minimum absolute atomic E-state index is 0.208. The Kier molecular flexibility index (Phi) is 4.52. The first-order chi connectivity index (χ1) is 9.13. The molecule has 1 aromatic carbocycles. The molecule has 0 aliphatic carbocycles. The van der Waals surface area contributed by atoms with Crippen molar-refractivity contribution in [2.45, 2.75) is 13.2 Å². The first kappa shape index (κ1) is 14.0. The third-order valence-electron chi connectivity index (χ3n) is 2.69. The zero-order chi connectivity index (χ0) is 13.8. The van der Waals surface area contributed by atoms with Crippen LogP contribution in [0.15, 0.2) is 40.3 Å². The summed E-state index contributed by atoms with van der Waals surface area (Å²) in [4.78, 5) is 11.0. The quantitative estimate of drug-likeness (QED) is 0.854. The number of benzene rings is 1. The van der Waals surface area contributed by atoms with Crippen molar-refractivity contribution < 1.29 is 0 Å². The lowest BCUT2D eigenvalue weighted by atomic mass is 10.2. The fourth-order valence-electron chi connectivity index (χ4n) is 1.82. The van der Waals surface area contributed by atoms with E-state index in [1.807, 2.05) is 56.3 Å². The van der Waals surface area contributed by atoms with Crippen molar-refractivity contribution >= 4 is 22.7 Å². The van der Waals surface area contributed by atoms with Crippen LogP contribution in [-0.4, -0.2) is 48.0 Å². The molecular weight excluding hydrogens is 262 g/mol. The fraction of sp³-hybridized carbons (Fsp3) is 0.385. The summed E-state index contributed by atoms with van der Waals surface area (Å²) in [6, 6.07) is 9.84. The van der Waals surface area contributed by atoms with E-state index in [9.17, 15) is 0 Å². The summed E-state index contributed by atoms with van der Waals surface area (Å²) < 4.78 is 0. The third-order valence-corrected chi connectivity index (χ3v) is 2.95. The summed E-state index contributed by atoms with van der Waals surface area (Å²) in [7, 11) is 3.91. The van der Waals surface area contributed by atoms with Crippen LogP contribution in [0.4, 0.5) is 0 Å². The maximum atomic E-state index is 6.25. The van der Waals surface area contributed by atoms with E-state index in [4.69, 9.17) is 11.6 Å². The van der Waals surface area contributed by atoms with E-state index in [1.54, 1.807) is 5.01 Å². The number of amidine groups is 2. The van der Waals surface area contributed by atoms with Gasteiger partial charge in [-0.15, -0.1) is 0 Å². The van der Waals surface area contributed by atoms with Gasteiger partial charge in [0, 0.05) is 12.1 Å². The third kappa shape index (κ3) is 3.12. The molecule has 0 saturated carbocycles. The molecule has 1 aliphatic rings. The maximum Gasteiger partial charge on any atom is 0.218 e. The molecule has 1 heterocycles. The number of aliphatic imine (C=N–C) groups is 2. The molecule has 0 bridgehead atoms. The molecule has 0 fully saturated rings. The minimum Gasteiger partial charge on any atom is -0.270 e. The van der Waals surface area contributed by atoms with Gasteiger partial charge in [-0.3, -0.25) is 4.90 Å². The first-order valence-corrected chi connectivity index (χ1v) is 6.58. The van der Waals surface area contributed by atoms with Gasteiger partial charge in [0.05, 0.1) is 0 Å². The molecule has 1 aliphatic heterocycles. The standard InChI is InChI=1S/C13H18ClN5/c1-4-15-19-12(14)16-11(17-13(19)18(2)3)10-8-6-5-7-9-10/h5-9,13,15H,4H2,1-3H3. The van der Waals surface area contributed by atoms with Gasteiger partial charge < -0.3 is 0 Å². The molecule has 0 aromatic heterocycles. The Labute approximate surface area is 118 Å². The van der Waals surface area contributed by atoms with Crippen molar-refractivity contribution in [3.63, 3.8) is 0 Å². The van der Waals surface area contributed by atoms with Crippen molar-refractivity contribution in [2.24, 2.45) is 9.98 Å². The zero-order valence-corrected chi connectivity index (χ0v) is 12.1. The SMILES string of the molecule is CCNN1C(Cl)=NC(c2ccccc2)=NC1N(C)C. The Morgan fingerprint density at radius 2 is 2.00 bits per heavy atom. The molecule has 0 saturated heterocycles. The average Bonchev–Trinajstić information content (AvgIpc) is 2.41. The van der Waals surface area contributed by atoms with Gasteiger partial charge in [-0.25, -0.2) is 15.4 Å². The summed E-state index contributed by atoms with van der Waals surface area (Å²) in [5.41, 5.74) is 4.12. The highest BCUT2D eigenvalue weighted by atomic mass is 35.5. The molecule has 1 atom stereocenters. The summed E-state index contributed by atoms with van der Waals surface area (Å²) in [5.74, 6) is 0.651. The smallest absolute Gasteiger partial charge is 0.218 e. The molecule has 0 radical (unpaired) electrons.